The molecule has 0 saturated heterocycles. The van der Waals surface area contributed by atoms with Gasteiger partial charge in [-0.1, -0.05) is 30.3 Å². The highest BCUT2D eigenvalue weighted by molar-refractivity contribution is 9.11. The SMILES string of the molecule is N#C/C(=C/c1cc(Br)c(OCc2ccccc2F)c(Br)c1)c1cccc(F)c1. The van der Waals surface area contributed by atoms with E-state index in [1.54, 1.807) is 48.5 Å². The molecule has 0 spiro atoms. The largest absolute Gasteiger partial charge is 0.486 e. The van der Waals surface area contributed by atoms with E-state index in [4.69, 9.17) is 4.74 Å². The van der Waals surface area contributed by atoms with Gasteiger partial charge < -0.3 is 4.74 Å². The molecule has 28 heavy (non-hydrogen) atoms. The molecule has 0 aromatic heterocycles. The molecule has 6 heteroatoms. The number of benzene rings is 3. The Morgan fingerprint density at radius 2 is 1.71 bits per heavy atom. The summed E-state index contributed by atoms with van der Waals surface area (Å²) in [5.41, 5.74) is 1.99. The number of hydrogen-bond donors (Lipinski definition) is 0. The maximum absolute atomic E-state index is 13.8. The third-order valence-electron chi connectivity index (χ3n) is 3.92. The summed E-state index contributed by atoms with van der Waals surface area (Å²) in [5.74, 6) is -0.217. The lowest BCUT2D eigenvalue weighted by Gasteiger charge is -2.12. The minimum absolute atomic E-state index is 0.0752. The Balaban J connectivity index is 1.87. The van der Waals surface area contributed by atoms with E-state index in [0.29, 0.717) is 31.4 Å². The van der Waals surface area contributed by atoms with Crippen LogP contribution in [-0.4, -0.2) is 0 Å². The van der Waals surface area contributed by atoms with Crippen molar-refractivity contribution in [3.8, 4) is 11.8 Å². The van der Waals surface area contributed by atoms with Crippen molar-refractivity contribution < 1.29 is 13.5 Å². The molecule has 3 aromatic carbocycles. The van der Waals surface area contributed by atoms with Crippen LogP contribution in [0.5, 0.6) is 5.75 Å². The number of allylic oxidation sites excluding steroid dienone is 1. The predicted octanol–water partition coefficient (Wildman–Crippen LogP) is 7.13. The summed E-state index contributed by atoms with van der Waals surface area (Å²) >= 11 is 6.90. The third-order valence-corrected chi connectivity index (χ3v) is 5.10. The van der Waals surface area contributed by atoms with E-state index in [1.807, 2.05) is 0 Å². The molecule has 0 aliphatic rings. The highest BCUT2D eigenvalue weighted by Crippen LogP contribution is 2.36. The molecule has 0 fully saturated rings. The fraction of sp³-hybridized carbons (Fsp3) is 0.0455. The maximum Gasteiger partial charge on any atom is 0.148 e. The summed E-state index contributed by atoms with van der Waals surface area (Å²) in [6.45, 7) is 0.0752. The monoisotopic (exact) mass is 503 g/mol. The Bertz CT molecular complexity index is 1070. The summed E-state index contributed by atoms with van der Waals surface area (Å²) < 4.78 is 34.2. The molecule has 0 aliphatic carbocycles. The Kier molecular flexibility index (Phi) is 6.61. The van der Waals surface area contributed by atoms with E-state index >= 15 is 0 Å². The smallest absolute Gasteiger partial charge is 0.148 e. The molecule has 0 atom stereocenters. The van der Waals surface area contributed by atoms with E-state index in [1.165, 1.54) is 18.2 Å². The molecule has 3 rings (SSSR count). The number of nitrogens with zero attached hydrogens (tertiary/aromatic N) is 1. The average molecular weight is 505 g/mol. The van der Waals surface area contributed by atoms with Crippen molar-refractivity contribution in [1.29, 1.82) is 5.26 Å². The number of rotatable bonds is 5. The van der Waals surface area contributed by atoms with Crippen LogP contribution < -0.4 is 4.74 Å². The summed E-state index contributed by atoms with van der Waals surface area (Å²) in [6.07, 6.45) is 1.66. The molecule has 0 heterocycles. The van der Waals surface area contributed by atoms with Crippen molar-refractivity contribution in [3.05, 3.63) is 97.9 Å². The molecule has 0 bridgehead atoms. The predicted molar refractivity (Wildman–Crippen MR) is 112 cm³/mol. The quantitative estimate of drug-likeness (QED) is 0.273. The minimum Gasteiger partial charge on any atom is -0.486 e. The van der Waals surface area contributed by atoms with Gasteiger partial charge in [0.1, 0.15) is 24.0 Å². The van der Waals surface area contributed by atoms with Crippen LogP contribution in [-0.2, 0) is 6.61 Å². The zero-order chi connectivity index (χ0) is 20.1. The topological polar surface area (TPSA) is 33.0 Å². The highest BCUT2D eigenvalue weighted by atomic mass is 79.9. The second kappa shape index (κ2) is 9.13. The maximum atomic E-state index is 13.8. The Morgan fingerprint density at radius 3 is 2.36 bits per heavy atom. The molecule has 140 valence electrons. The molecule has 0 N–H and O–H groups in total. The molecule has 0 radical (unpaired) electrons. The summed E-state index contributed by atoms with van der Waals surface area (Å²) in [6, 6.07) is 17.9. The molecule has 0 saturated carbocycles. The lowest BCUT2D eigenvalue weighted by atomic mass is 10.0. The standard InChI is InChI=1S/C22H13Br2F2NO/c23-19-9-14(8-17(12-27)15-5-3-6-18(25)11-15)10-20(24)22(19)28-13-16-4-1-2-7-21(16)26/h1-11H,13H2/b17-8-. The number of ether oxygens (including phenoxy) is 1. The Labute approximate surface area is 178 Å². The van der Waals surface area contributed by atoms with Gasteiger partial charge in [0.15, 0.2) is 0 Å². The van der Waals surface area contributed by atoms with Crippen molar-refractivity contribution in [2.24, 2.45) is 0 Å². The first-order valence-corrected chi connectivity index (χ1v) is 9.79. The number of nitriles is 1. The van der Waals surface area contributed by atoms with E-state index in [-0.39, 0.29) is 12.4 Å². The fourth-order valence-corrected chi connectivity index (χ4v) is 4.02. The van der Waals surface area contributed by atoms with Gasteiger partial charge in [0.05, 0.1) is 20.6 Å². The van der Waals surface area contributed by atoms with Crippen LogP contribution in [0, 0.1) is 23.0 Å². The molecule has 0 aliphatic heterocycles. The Hall–Kier alpha value is -2.49. The van der Waals surface area contributed by atoms with Gasteiger partial charge in [-0.15, -0.1) is 0 Å². The average Bonchev–Trinajstić information content (AvgIpc) is 2.66. The van der Waals surface area contributed by atoms with Gasteiger partial charge in [-0.05, 0) is 79.4 Å². The van der Waals surface area contributed by atoms with Crippen LogP contribution in [0.3, 0.4) is 0 Å². The van der Waals surface area contributed by atoms with Gasteiger partial charge in [0, 0.05) is 5.56 Å². The van der Waals surface area contributed by atoms with Gasteiger partial charge in [-0.25, -0.2) is 8.78 Å². The molecule has 0 amide bonds. The van der Waals surface area contributed by atoms with Crippen molar-refractivity contribution >= 4 is 43.5 Å². The first kappa shape index (κ1) is 20.2. The normalized spacial score (nSPS) is 11.2. The van der Waals surface area contributed by atoms with Crippen molar-refractivity contribution in [3.63, 3.8) is 0 Å². The van der Waals surface area contributed by atoms with Crippen LogP contribution in [0.25, 0.3) is 11.6 Å². The second-order valence-electron chi connectivity index (χ2n) is 5.87. The first-order chi connectivity index (χ1) is 13.5. The van der Waals surface area contributed by atoms with Crippen molar-refractivity contribution in [2.75, 3.05) is 0 Å². The molecule has 3 aromatic rings. The number of hydrogen-bond acceptors (Lipinski definition) is 2. The van der Waals surface area contributed by atoms with Crippen LogP contribution in [0.4, 0.5) is 8.78 Å². The van der Waals surface area contributed by atoms with Crippen LogP contribution in [0.15, 0.2) is 69.6 Å². The van der Waals surface area contributed by atoms with Gasteiger partial charge >= 0.3 is 0 Å². The van der Waals surface area contributed by atoms with E-state index in [0.717, 1.165) is 5.56 Å². The molecular formula is C22H13Br2F2NO. The summed E-state index contributed by atoms with van der Waals surface area (Å²) in [4.78, 5) is 0. The van der Waals surface area contributed by atoms with Crippen LogP contribution >= 0.6 is 31.9 Å². The van der Waals surface area contributed by atoms with Gasteiger partial charge in [0.2, 0.25) is 0 Å². The van der Waals surface area contributed by atoms with Crippen molar-refractivity contribution in [1.82, 2.24) is 0 Å². The van der Waals surface area contributed by atoms with E-state index < -0.39 is 5.82 Å². The zero-order valence-corrected chi connectivity index (χ0v) is 17.6. The van der Waals surface area contributed by atoms with Gasteiger partial charge in [-0.2, -0.15) is 5.26 Å². The van der Waals surface area contributed by atoms with Gasteiger partial charge in [-0.3, -0.25) is 0 Å². The zero-order valence-electron chi connectivity index (χ0n) is 14.4. The van der Waals surface area contributed by atoms with Crippen LogP contribution in [0.2, 0.25) is 0 Å². The lowest BCUT2D eigenvalue weighted by Crippen LogP contribution is -1.99. The third kappa shape index (κ3) is 4.86. The molecule has 2 nitrogen and oxygen atoms in total. The minimum atomic E-state index is -0.405. The molecule has 0 unspecified atom stereocenters. The van der Waals surface area contributed by atoms with Crippen LogP contribution in [0.1, 0.15) is 16.7 Å². The Morgan fingerprint density at radius 1 is 1.00 bits per heavy atom. The van der Waals surface area contributed by atoms with E-state index in [9.17, 15) is 14.0 Å². The second-order valence-corrected chi connectivity index (χ2v) is 7.58. The summed E-state index contributed by atoms with van der Waals surface area (Å²) in [7, 11) is 0. The number of halogens is 4. The van der Waals surface area contributed by atoms with E-state index in [2.05, 4.69) is 37.9 Å². The lowest BCUT2D eigenvalue weighted by molar-refractivity contribution is 0.296. The highest BCUT2D eigenvalue weighted by Gasteiger charge is 2.11. The fourth-order valence-electron chi connectivity index (χ4n) is 2.57. The van der Waals surface area contributed by atoms with Crippen molar-refractivity contribution in [2.45, 2.75) is 6.61 Å². The summed E-state index contributed by atoms with van der Waals surface area (Å²) in [5, 5.41) is 9.44. The first-order valence-electron chi connectivity index (χ1n) is 8.21. The molecular weight excluding hydrogens is 492 g/mol. The van der Waals surface area contributed by atoms with Gasteiger partial charge in [0.25, 0.3) is 0 Å².